The van der Waals surface area contributed by atoms with Crippen molar-refractivity contribution in [3.05, 3.63) is 30.1 Å². The summed E-state index contributed by atoms with van der Waals surface area (Å²) in [6, 6.07) is 7.94. The lowest BCUT2D eigenvalue weighted by Crippen LogP contribution is -2.16. The summed E-state index contributed by atoms with van der Waals surface area (Å²) >= 11 is 1.54. The van der Waals surface area contributed by atoms with Gasteiger partial charge in [-0.05, 0) is 19.1 Å². The zero-order chi connectivity index (χ0) is 17.6. The first-order chi connectivity index (χ1) is 12.0. The van der Waals surface area contributed by atoms with Gasteiger partial charge in [-0.15, -0.1) is 5.10 Å². The lowest BCUT2D eigenvalue weighted by molar-refractivity contribution is 0.855. The largest absolute Gasteiger partial charge is 0.368 e. The monoisotopic (exact) mass is 355 g/mol. The van der Waals surface area contributed by atoms with Crippen LogP contribution in [-0.4, -0.2) is 48.6 Å². The van der Waals surface area contributed by atoms with Crippen molar-refractivity contribution in [3.63, 3.8) is 0 Å². The van der Waals surface area contributed by atoms with Crippen LogP contribution in [0.3, 0.4) is 0 Å². The predicted molar refractivity (Wildman–Crippen MR) is 97.7 cm³/mol. The van der Waals surface area contributed by atoms with Crippen molar-refractivity contribution in [1.29, 1.82) is 0 Å². The molecule has 1 aromatic carbocycles. The van der Waals surface area contributed by atoms with Gasteiger partial charge in [0, 0.05) is 14.1 Å². The van der Waals surface area contributed by atoms with Crippen molar-refractivity contribution >= 4 is 40.5 Å². The van der Waals surface area contributed by atoms with Gasteiger partial charge >= 0.3 is 0 Å². The fraction of sp³-hybridized carbons (Fsp3) is 0.267. The van der Waals surface area contributed by atoms with Crippen LogP contribution in [0.15, 0.2) is 29.4 Å². The molecule has 3 heterocycles. The van der Waals surface area contributed by atoms with Crippen molar-refractivity contribution in [1.82, 2.24) is 34.5 Å². The first-order valence-corrected chi connectivity index (χ1v) is 8.58. The van der Waals surface area contributed by atoms with Crippen LogP contribution in [0.25, 0.3) is 16.8 Å². The highest BCUT2D eigenvalue weighted by atomic mass is 32.2. The molecule has 0 spiro atoms. The molecule has 0 unspecified atom stereocenters. The highest BCUT2D eigenvalue weighted by Gasteiger charge is 2.19. The normalized spacial score (nSPS) is 12.8. The Morgan fingerprint density at radius 3 is 2.76 bits per heavy atom. The number of nitrogens with one attached hydrogen (secondary N) is 1. The number of aromatic nitrogens is 7. The maximum atomic E-state index is 5.82. The summed E-state index contributed by atoms with van der Waals surface area (Å²) in [4.78, 5) is 19.2. The predicted octanol–water partition coefficient (Wildman–Crippen LogP) is 1.90. The van der Waals surface area contributed by atoms with Gasteiger partial charge in [-0.25, -0.2) is 10.1 Å². The topological polar surface area (TPSA) is 114 Å². The minimum Gasteiger partial charge on any atom is -0.368 e. The van der Waals surface area contributed by atoms with Gasteiger partial charge in [0.25, 0.3) is 0 Å². The smallest absolute Gasteiger partial charge is 0.231 e. The number of hydrogen-bond donors (Lipinski definition) is 2. The summed E-state index contributed by atoms with van der Waals surface area (Å²) < 4.78 is 1.99. The first kappa shape index (κ1) is 15.6. The molecule has 1 atom stereocenters. The molecule has 0 radical (unpaired) electrons. The second-order valence-electron chi connectivity index (χ2n) is 5.77. The van der Waals surface area contributed by atoms with Gasteiger partial charge in [-0.2, -0.15) is 15.0 Å². The maximum Gasteiger partial charge on any atom is 0.231 e. The molecular formula is C15H17N9S. The van der Waals surface area contributed by atoms with Gasteiger partial charge < -0.3 is 10.6 Å². The molecule has 128 valence electrons. The first-order valence-electron chi connectivity index (χ1n) is 7.70. The third-order valence-electron chi connectivity index (χ3n) is 3.71. The average molecular weight is 355 g/mol. The number of thioether (sulfide) groups is 1. The lowest BCUT2D eigenvalue weighted by atomic mass is 10.3. The lowest BCUT2D eigenvalue weighted by Gasteiger charge is -2.14. The second-order valence-corrected chi connectivity index (χ2v) is 7.08. The van der Waals surface area contributed by atoms with Crippen molar-refractivity contribution < 1.29 is 0 Å². The molecule has 25 heavy (non-hydrogen) atoms. The number of nitrogen functional groups attached to an aromatic ring is 1. The summed E-state index contributed by atoms with van der Waals surface area (Å²) in [5.74, 6) is 2.07. The SMILES string of the molecule is C[C@@H](Sc1n[nH]c2nc3ccccc3n12)c1nc(N)nc(N(C)C)n1. The van der Waals surface area contributed by atoms with Crippen LogP contribution < -0.4 is 10.6 Å². The minimum absolute atomic E-state index is 0.0586. The molecule has 0 saturated carbocycles. The molecule has 0 saturated heterocycles. The molecule has 3 N–H and O–H groups in total. The molecule has 4 rings (SSSR count). The molecule has 4 aromatic rings. The van der Waals surface area contributed by atoms with E-state index in [9.17, 15) is 0 Å². The van der Waals surface area contributed by atoms with E-state index in [0.717, 1.165) is 16.2 Å². The number of anilines is 2. The molecular weight excluding hydrogens is 338 g/mol. The third kappa shape index (κ3) is 2.74. The van der Waals surface area contributed by atoms with E-state index in [2.05, 4.69) is 30.1 Å². The van der Waals surface area contributed by atoms with Crippen LogP contribution >= 0.6 is 11.8 Å². The van der Waals surface area contributed by atoms with Gasteiger partial charge in [-0.3, -0.25) is 4.40 Å². The van der Waals surface area contributed by atoms with Gasteiger partial charge in [0.1, 0.15) is 5.82 Å². The fourth-order valence-corrected chi connectivity index (χ4v) is 3.43. The van der Waals surface area contributed by atoms with Gasteiger partial charge in [0.2, 0.25) is 17.7 Å². The van der Waals surface area contributed by atoms with E-state index >= 15 is 0 Å². The Morgan fingerprint density at radius 1 is 1.16 bits per heavy atom. The van der Waals surface area contributed by atoms with E-state index in [1.165, 1.54) is 11.8 Å². The van der Waals surface area contributed by atoms with Gasteiger partial charge in [0.05, 0.1) is 16.3 Å². The molecule has 0 aliphatic carbocycles. The van der Waals surface area contributed by atoms with Gasteiger partial charge in [0.15, 0.2) is 5.16 Å². The number of nitrogens with zero attached hydrogens (tertiary/aromatic N) is 7. The van der Waals surface area contributed by atoms with Crippen LogP contribution in [0.2, 0.25) is 0 Å². The van der Waals surface area contributed by atoms with Crippen LogP contribution in [-0.2, 0) is 0 Å². The van der Waals surface area contributed by atoms with Crippen molar-refractivity contribution in [2.45, 2.75) is 17.3 Å². The second kappa shape index (κ2) is 5.88. The maximum absolute atomic E-state index is 5.82. The minimum atomic E-state index is -0.0586. The van der Waals surface area contributed by atoms with E-state index in [4.69, 9.17) is 5.73 Å². The molecule has 9 nitrogen and oxygen atoms in total. The third-order valence-corrected chi connectivity index (χ3v) is 4.76. The Hall–Kier alpha value is -2.88. The molecule has 10 heteroatoms. The van der Waals surface area contributed by atoms with Crippen molar-refractivity contribution in [2.24, 2.45) is 0 Å². The number of rotatable bonds is 4. The summed E-state index contributed by atoms with van der Waals surface area (Å²) in [5.41, 5.74) is 7.75. The number of imidazole rings is 1. The number of hydrogen-bond acceptors (Lipinski definition) is 8. The molecule has 0 amide bonds. The van der Waals surface area contributed by atoms with E-state index in [-0.39, 0.29) is 11.2 Å². The Balaban J connectivity index is 1.71. The highest BCUT2D eigenvalue weighted by molar-refractivity contribution is 7.99. The quantitative estimate of drug-likeness (QED) is 0.534. The van der Waals surface area contributed by atoms with E-state index < -0.39 is 0 Å². The summed E-state index contributed by atoms with van der Waals surface area (Å²) in [6.45, 7) is 2.01. The number of nitrogens with two attached hydrogens (primary N) is 1. The Kier molecular flexibility index (Phi) is 3.68. The fourth-order valence-electron chi connectivity index (χ4n) is 2.51. The summed E-state index contributed by atoms with van der Waals surface area (Å²) in [7, 11) is 3.73. The summed E-state index contributed by atoms with van der Waals surface area (Å²) in [5, 5.41) is 8.08. The van der Waals surface area contributed by atoms with Crippen molar-refractivity contribution in [3.8, 4) is 0 Å². The Bertz CT molecular complexity index is 1050. The van der Waals surface area contributed by atoms with E-state index in [1.807, 2.05) is 49.7 Å². The van der Waals surface area contributed by atoms with E-state index in [1.54, 1.807) is 4.90 Å². The van der Waals surface area contributed by atoms with E-state index in [0.29, 0.717) is 17.6 Å². The molecule has 0 fully saturated rings. The number of fused-ring (bicyclic) bond motifs is 3. The molecule has 0 bridgehead atoms. The van der Waals surface area contributed by atoms with Gasteiger partial charge in [-0.1, -0.05) is 23.9 Å². The molecule has 3 aromatic heterocycles. The zero-order valence-corrected chi connectivity index (χ0v) is 14.8. The van der Waals surface area contributed by atoms with Crippen molar-refractivity contribution in [2.75, 3.05) is 24.7 Å². The number of benzene rings is 1. The van der Waals surface area contributed by atoms with Crippen LogP contribution in [0, 0.1) is 0 Å². The highest BCUT2D eigenvalue weighted by Crippen LogP contribution is 2.34. The zero-order valence-electron chi connectivity index (χ0n) is 14.0. The molecule has 0 aliphatic rings. The average Bonchev–Trinajstić information content (AvgIpc) is 3.14. The molecule has 0 aliphatic heterocycles. The Labute approximate surface area is 147 Å². The van der Waals surface area contributed by atoms with Crippen LogP contribution in [0.1, 0.15) is 18.0 Å². The standard InChI is InChI=1S/C15H17N9S/c1-8(11-18-12(16)20-13(19-11)23(2)3)25-15-22-21-14-17-9-6-4-5-7-10(9)24(14)15/h4-8H,1-3H3,(H,17,21)(H2,16,18,19,20)/t8-/m1/s1. The Morgan fingerprint density at radius 2 is 1.96 bits per heavy atom. The van der Waals surface area contributed by atoms with Crippen LogP contribution in [0.5, 0.6) is 0 Å². The number of para-hydroxylation sites is 2. The van der Waals surface area contributed by atoms with Crippen LogP contribution in [0.4, 0.5) is 11.9 Å². The number of H-pyrrole nitrogens is 1. The number of aromatic amines is 1. The summed E-state index contributed by atoms with van der Waals surface area (Å²) in [6.07, 6.45) is 0.